The summed E-state index contributed by atoms with van der Waals surface area (Å²) in [4.78, 5) is 6.87. The highest BCUT2D eigenvalue weighted by atomic mass is 16.6. The molecule has 29 rings (SSSR count). The lowest BCUT2D eigenvalue weighted by molar-refractivity contribution is 0.359. The van der Waals surface area contributed by atoms with Crippen LogP contribution < -0.4 is 52.6 Å². The maximum Gasteiger partial charge on any atom is 0.194 e. The molecular weight excluding hydrogens is 1790 g/mol. The third-order valence-electron chi connectivity index (χ3n) is 28.8. The Kier molecular flexibility index (Phi) is 20.3. The van der Waals surface area contributed by atoms with Crippen LogP contribution in [0, 0.1) is 0 Å². The molecule has 21 aromatic carbocycles. The molecule has 0 bridgehead atoms. The van der Waals surface area contributed by atoms with Crippen LogP contribution in [0.3, 0.4) is 0 Å². The van der Waals surface area contributed by atoms with E-state index in [2.05, 4.69) is 344 Å². The van der Waals surface area contributed by atoms with Gasteiger partial charge in [0.25, 0.3) is 0 Å². The van der Waals surface area contributed by atoms with Crippen LogP contribution in [0.1, 0.15) is 49.9 Å². The fraction of sp³-hybridized carbons (Fsp3) is 0.0455. The van der Waals surface area contributed by atoms with Crippen molar-refractivity contribution in [3.8, 4) is 153 Å². The second-order valence-corrected chi connectivity index (χ2v) is 38.1. The minimum atomic E-state index is -0.127. The van der Waals surface area contributed by atoms with Gasteiger partial charge in [0.2, 0.25) is 0 Å². The molecule has 6 heterocycles. The van der Waals surface area contributed by atoms with Crippen molar-refractivity contribution in [1.29, 1.82) is 0 Å². The van der Waals surface area contributed by atoms with Gasteiger partial charge in [-0.1, -0.05) is 289 Å². The van der Waals surface area contributed by atoms with Crippen molar-refractivity contribution in [3.63, 3.8) is 0 Å². The minimum Gasteiger partial charge on any atom is -0.456 e. The molecule has 0 saturated heterocycles. The molecule has 0 unspecified atom stereocenters. The monoisotopic (exact) mass is 1870 g/mol. The number of aromatic nitrogens is 1. The Morgan fingerprint density at radius 2 is 0.531 bits per heavy atom. The second-order valence-electron chi connectivity index (χ2n) is 38.1. The van der Waals surface area contributed by atoms with Crippen molar-refractivity contribution >= 4 is 94.9 Å². The smallest absolute Gasteiger partial charge is 0.194 e. The summed E-state index contributed by atoms with van der Waals surface area (Å²) >= 11 is 0. The molecule has 4 aliphatic heterocycles. The van der Waals surface area contributed by atoms with Crippen LogP contribution in [0.2, 0.25) is 0 Å². The summed E-state index contributed by atoms with van der Waals surface area (Å²) in [6.45, 7) is 9.35. The molecule has 2 aliphatic carbocycles. The number of hydrogen-bond acceptors (Lipinski definition) is 12. The van der Waals surface area contributed by atoms with Gasteiger partial charge in [-0.05, 0) is 267 Å². The molecule has 145 heavy (non-hydrogen) atoms. The Bertz CT molecular complexity index is 9100. The van der Waals surface area contributed by atoms with Crippen molar-refractivity contribution in [2.24, 2.45) is 0 Å². The van der Waals surface area contributed by atoms with E-state index in [1.807, 2.05) is 176 Å². The van der Waals surface area contributed by atoms with Crippen molar-refractivity contribution in [1.82, 2.24) is 4.57 Å². The van der Waals surface area contributed by atoms with Gasteiger partial charge >= 0.3 is 0 Å². The highest BCUT2D eigenvalue weighted by molar-refractivity contribution is 6.11. The molecule has 13 heteroatoms. The first-order chi connectivity index (χ1) is 71.3. The van der Waals surface area contributed by atoms with Crippen LogP contribution >= 0.6 is 0 Å². The molecule has 13 nitrogen and oxygen atoms in total. The number of hydrogen-bond donors (Lipinski definition) is 0. The van der Waals surface area contributed by atoms with Crippen molar-refractivity contribution in [3.05, 3.63) is 495 Å². The van der Waals surface area contributed by atoms with Crippen LogP contribution in [0.5, 0.6) is 92.0 Å². The normalized spacial score (nSPS) is 13.1. The summed E-state index contributed by atoms with van der Waals surface area (Å²) < 4.78 is 59.1. The van der Waals surface area contributed by atoms with E-state index in [0.717, 1.165) is 141 Å². The lowest BCUT2D eigenvalue weighted by Crippen LogP contribution is -2.16. The number of para-hydroxylation sites is 14. The van der Waals surface area contributed by atoms with Crippen LogP contribution in [-0.2, 0) is 10.8 Å². The highest BCUT2D eigenvalue weighted by Crippen LogP contribution is 2.60. The van der Waals surface area contributed by atoms with E-state index in [4.69, 9.17) is 42.3 Å². The van der Waals surface area contributed by atoms with Gasteiger partial charge in [0.05, 0.1) is 28.1 Å². The minimum absolute atomic E-state index is 0.0955. The largest absolute Gasteiger partial charge is 0.456 e. The first-order valence-corrected chi connectivity index (χ1v) is 48.9. The number of benzene rings is 21. The number of furan rings is 1. The first-order valence-electron chi connectivity index (χ1n) is 48.9. The molecule has 0 amide bonds. The molecule has 23 aromatic rings. The van der Waals surface area contributed by atoms with Crippen LogP contribution in [0.4, 0.5) is 51.2 Å². The number of ether oxygens (including phenoxy) is 8. The number of rotatable bonds is 13. The summed E-state index contributed by atoms with van der Waals surface area (Å²) in [5.74, 6) is 11.0. The summed E-state index contributed by atoms with van der Waals surface area (Å²) in [5, 5.41) is 4.56. The SMILES string of the molecule is CC1(C)c2ccccc2-c2ccc(N(c3ccc(-c4cccc5c4Oc4ccccc4O5)cc3)c3ccc4c(c3)c3ccccc3n4-c3ccccc3)cc21.CC1(C)c2ccccc2-c2ccc(N(c3ccc(-c4ccccc4)cc3)c3ccc(-c4cccc5c4Oc4ccccc4O5)cc3)cc21.c1ccc2c(c1)Oc1ccc(N(c3ccc4c(c3)oc3ccccc34)c3cccc4c3Oc3ccccc3O4)cc1O2. The Morgan fingerprint density at radius 1 is 0.186 bits per heavy atom. The molecule has 692 valence electrons. The van der Waals surface area contributed by atoms with E-state index in [9.17, 15) is 0 Å². The molecular formula is C132H90N4O9. The lowest BCUT2D eigenvalue weighted by atomic mass is 9.82. The van der Waals surface area contributed by atoms with E-state index in [1.165, 1.54) is 77.4 Å². The van der Waals surface area contributed by atoms with Crippen LogP contribution in [0.15, 0.2) is 478 Å². The molecule has 0 N–H and O–H groups in total. The third-order valence-corrected chi connectivity index (χ3v) is 28.8. The molecule has 6 aliphatic rings. The van der Waals surface area contributed by atoms with Gasteiger partial charge in [0, 0.05) is 95.4 Å². The molecule has 0 fully saturated rings. The van der Waals surface area contributed by atoms with E-state index in [1.54, 1.807) is 0 Å². The van der Waals surface area contributed by atoms with E-state index in [-0.39, 0.29) is 10.8 Å². The predicted octanol–water partition coefficient (Wildman–Crippen LogP) is 37.7. The topological polar surface area (TPSA) is 102 Å². The van der Waals surface area contributed by atoms with Gasteiger partial charge in [-0.25, -0.2) is 0 Å². The van der Waals surface area contributed by atoms with E-state index in [0.29, 0.717) is 51.7 Å². The van der Waals surface area contributed by atoms with Crippen molar-refractivity contribution < 1.29 is 42.3 Å². The molecule has 0 atom stereocenters. The molecule has 0 spiro atoms. The van der Waals surface area contributed by atoms with Gasteiger partial charge in [-0.2, -0.15) is 0 Å². The van der Waals surface area contributed by atoms with Gasteiger partial charge in [-0.3, -0.25) is 0 Å². The van der Waals surface area contributed by atoms with Crippen molar-refractivity contribution in [2.75, 3.05) is 14.7 Å². The van der Waals surface area contributed by atoms with Gasteiger partial charge in [-0.15, -0.1) is 0 Å². The standard InChI is InChI=1S/C51H36N2O2.C45H33NO2.C36H21NO5/c1-51(2)43-18-8-6-15-39(43)40-29-27-37(32-44(40)51)52(36-28-30-46-42(31-36)41-16-7-9-19-45(41)53(46)34-13-4-3-5-14-34)35-25-23-33(24-26-35)38-17-12-22-49-50(38)55-48-21-11-10-20-47(48)54-49;1-45(2)39-15-7-6-13-37(39)38-28-27-35(29-40(38)45)46(33-23-19-31(20-24-33)30-11-4-3-5-12-30)34-25-21-32(22-26-34)36-14-10-18-43-44(36)48-42-17-9-8-16-41(42)47-43;1-2-10-27-24(8-1)25-18-16-22(20-34(25)38-27)37(23-17-19-32-35(21-23)41-29-12-4-3-11-28(29)39-32)26-9-7-15-33-36(26)42-31-14-6-5-13-30(31)40-33/h3-32H,1-2H3;3-29H,1-2H3;1-21H. The Morgan fingerprint density at radius 3 is 1.08 bits per heavy atom. The fourth-order valence-electron chi connectivity index (χ4n) is 21.7. The summed E-state index contributed by atoms with van der Waals surface area (Å²) in [5.41, 5.74) is 31.2. The second kappa shape index (κ2) is 34.5. The maximum absolute atomic E-state index is 6.48. The summed E-state index contributed by atoms with van der Waals surface area (Å²) in [6, 6.07) is 164. The Hall–Kier alpha value is -19.0. The highest BCUT2D eigenvalue weighted by Gasteiger charge is 2.39. The summed E-state index contributed by atoms with van der Waals surface area (Å²) in [6.07, 6.45) is 0. The Labute approximate surface area is 838 Å². The number of nitrogens with zero attached hydrogens (tertiary/aromatic N) is 4. The number of fused-ring (bicyclic) bond motifs is 20. The summed E-state index contributed by atoms with van der Waals surface area (Å²) in [7, 11) is 0. The van der Waals surface area contributed by atoms with Gasteiger partial charge < -0.3 is 61.6 Å². The lowest BCUT2D eigenvalue weighted by Gasteiger charge is -2.31. The predicted molar refractivity (Wildman–Crippen MR) is 583 cm³/mol. The average molecular weight is 1880 g/mol. The van der Waals surface area contributed by atoms with E-state index >= 15 is 0 Å². The van der Waals surface area contributed by atoms with Crippen LogP contribution in [-0.4, -0.2) is 4.57 Å². The maximum atomic E-state index is 6.48. The molecule has 2 aromatic heterocycles. The first kappa shape index (κ1) is 85.2. The Balaban J connectivity index is 0.000000109. The zero-order chi connectivity index (χ0) is 96.5. The zero-order valence-corrected chi connectivity index (χ0v) is 79.5. The van der Waals surface area contributed by atoms with Crippen LogP contribution in [0.25, 0.3) is 105 Å². The van der Waals surface area contributed by atoms with E-state index < -0.39 is 0 Å². The zero-order valence-electron chi connectivity index (χ0n) is 79.5. The van der Waals surface area contributed by atoms with Crippen molar-refractivity contribution in [2.45, 2.75) is 38.5 Å². The average Bonchev–Trinajstić information content (AvgIpc) is 1.59. The quantitative estimate of drug-likeness (QED) is 0.110. The molecule has 0 radical (unpaired) electrons. The van der Waals surface area contributed by atoms with Gasteiger partial charge in [0.15, 0.2) is 92.0 Å². The fourth-order valence-corrected chi connectivity index (χ4v) is 21.7. The third kappa shape index (κ3) is 14.8. The number of anilines is 9. The van der Waals surface area contributed by atoms with Gasteiger partial charge in [0.1, 0.15) is 11.2 Å². The molecule has 0 saturated carbocycles.